The third-order valence-corrected chi connectivity index (χ3v) is 2.73. The van der Waals surface area contributed by atoms with Crippen LogP contribution in [0.25, 0.3) is 0 Å². The van der Waals surface area contributed by atoms with Crippen molar-refractivity contribution in [2.75, 3.05) is 5.88 Å². The van der Waals surface area contributed by atoms with Gasteiger partial charge in [-0.2, -0.15) is 0 Å². The summed E-state index contributed by atoms with van der Waals surface area (Å²) in [6, 6.07) is 0. The molecule has 0 aliphatic carbocycles. The number of hydrogen-bond donors (Lipinski definition) is 0. The van der Waals surface area contributed by atoms with Gasteiger partial charge in [0.1, 0.15) is 0 Å². The molecule has 0 radical (unpaired) electrons. The van der Waals surface area contributed by atoms with Crippen LogP contribution in [0.1, 0.15) is 64.7 Å². The fourth-order valence-electron chi connectivity index (χ4n) is 1.46. The fourth-order valence-corrected chi connectivity index (χ4v) is 1.62. The molecule has 92 valence electrons. The van der Waals surface area contributed by atoms with Gasteiger partial charge in [0.05, 0.1) is 0 Å². The van der Waals surface area contributed by atoms with Gasteiger partial charge in [-0.3, -0.25) is 0 Å². The summed E-state index contributed by atoms with van der Waals surface area (Å²) in [4.78, 5) is 0. The zero-order valence-corrected chi connectivity index (χ0v) is 11.4. The van der Waals surface area contributed by atoms with Crippen LogP contribution in [0.3, 0.4) is 0 Å². The maximum Gasteiger partial charge on any atom is 0.0226 e. The minimum Gasteiger partial charge on any atom is -0.127 e. The number of halogens is 1. The predicted molar refractivity (Wildman–Crippen MR) is 74.9 cm³/mol. The molecule has 0 N–H and O–H groups in total. The summed E-state index contributed by atoms with van der Waals surface area (Å²) in [5, 5.41) is 0. The Kier molecular flexibility index (Phi) is 14.2. The molecule has 0 unspecified atom stereocenters. The van der Waals surface area contributed by atoms with Crippen molar-refractivity contribution in [2.45, 2.75) is 64.7 Å². The van der Waals surface area contributed by atoms with Crippen molar-refractivity contribution in [3.8, 4) is 11.8 Å². The molecule has 0 aromatic carbocycles. The molecule has 0 saturated carbocycles. The highest BCUT2D eigenvalue weighted by atomic mass is 35.5. The lowest BCUT2D eigenvalue weighted by Crippen LogP contribution is -1.77. The highest BCUT2D eigenvalue weighted by Gasteiger charge is 1.87. The quantitative estimate of drug-likeness (QED) is 0.291. The fraction of sp³-hybridized carbons (Fsp3) is 0.733. The van der Waals surface area contributed by atoms with E-state index in [-0.39, 0.29) is 0 Å². The number of unbranched alkanes of at least 4 members (excludes halogenated alkanes) is 7. The van der Waals surface area contributed by atoms with Gasteiger partial charge in [-0.1, -0.05) is 56.9 Å². The highest BCUT2D eigenvalue weighted by Crippen LogP contribution is 2.06. The lowest BCUT2D eigenvalue weighted by molar-refractivity contribution is 0.614. The zero-order chi connectivity index (χ0) is 11.9. The maximum atomic E-state index is 5.57. The molecule has 0 fully saturated rings. The Morgan fingerprint density at radius 2 is 1.75 bits per heavy atom. The largest absolute Gasteiger partial charge is 0.127 e. The smallest absolute Gasteiger partial charge is 0.0226 e. The lowest BCUT2D eigenvalue weighted by atomic mass is 10.1. The summed E-state index contributed by atoms with van der Waals surface area (Å²) in [6.07, 6.45) is 15.3. The number of hydrogen-bond acceptors (Lipinski definition) is 0. The first-order valence-corrected chi connectivity index (χ1v) is 7.14. The Hall–Kier alpha value is -0.410. The minimum atomic E-state index is 0.746. The van der Waals surface area contributed by atoms with E-state index in [2.05, 4.69) is 24.8 Å². The van der Waals surface area contributed by atoms with Gasteiger partial charge in [-0.05, 0) is 25.3 Å². The molecule has 0 aliphatic rings. The van der Waals surface area contributed by atoms with Crippen LogP contribution in [0.2, 0.25) is 0 Å². The van der Waals surface area contributed by atoms with Crippen molar-refractivity contribution >= 4 is 11.6 Å². The van der Waals surface area contributed by atoms with Crippen LogP contribution in [-0.2, 0) is 0 Å². The molecule has 0 amide bonds. The van der Waals surface area contributed by atoms with Gasteiger partial charge in [0.2, 0.25) is 0 Å². The Bertz CT molecular complexity index is 207. The van der Waals surface area contributed by atoms with Gasteiger partial charge < -0.3 is 0 Å². The topological polar surface area (TPSA) is 0 Å². The molecule has 0 bridgehead atoms. The maximum absolute atomic E-state index is 5.57. The molecule has 0 nitrogen and oxygen atoms in total. The first-order chi connectivity index (χ1) is 7.91. The van der Waals surface area contributed by atoms with Crippen LogP contribution in [0.4, 0.5) is 0 Å². The standard InChI is InChI=1S/C15H25Cl/c1-2-3-4-5-6-7-8-9-10-11-12-13-14-15-16/h11-12H,2-8,13-15H2,1H3/b12-11+. The Labute approximate surface area is 106 Å². The van der Waals surface area contributed by atoms with Crippen molar-refractivity contribution < 1.29 is 0 Å². The number of rotatable bonds is 9. The van der Waals surface area contributed by atoms with E-state index in [1.165, 1.54) is 38.5 Å². The van der Waals surface area contributed by atoms with Crippen molar-refractivity contribution in [1.29, 1.82) is 0 Å². The monoisotopic (exact) mass is 240 g/mol. The van der Waals surface area contributed by atoms with E-state index in [0.29, 0.717) is 0 Å². The van der Waals surface area contributed by atoms with Crippen LogP contribution >= 0.6 is 11.6 Å². The van der Waals surface area contributed by atoms with E-state index in [1.807, 2.05) is 6.08 Å². The Morgan fingerprint density at radius 1 is 1.00 bits per heavy atom. The van der Waals surface area contributed by atoms with E-state index >= 15 is 0 Å². The molecule has 0 atom stereocenters. The molecule has 0 rings (SSSR count). The molecule has 0 spiro atoms. The van der Waals surface area contributed by atoms with Gasteiger partial charge in [-0.15, -0.1) is 11.6 Å². The first kappa shape index (κ1) is 15.6. The second kappa shape index (κ2) is 14.6. The normalized spacial score (nSPS) is 10.4. The first-order valence-electron chi connectivity index (χ1n) is 6.61. The van der Waals surface area contributed by atoms with Crippen molar-refractivity contribution in [3.05, 3.63) is 12.2 Å². The van der Waals surface area contributed by atoms with Crippen LogP contribution in [-0.4, -0.2) is 5.88 Å². The van der Waals surface area contributed by atoms with Crippen LogP contribution in [0.5, 0.6) is 0 Å². The summed E-state index contributed by atoms with van der Waals surface area (Å²) in [5.41, 5.74) is 0. The molecule has 0 aromatic heterocycles. The van der Waals surface area contributed by atoms with E-state index in [0.717, 1.165) is 25.1 Å². The average molecular weight is 241 g/mol. The van der Waals surface area contributed by atoms with Crippen LogP contribution in [0, 0.1) is 11.8 Å². The number of allylic oxidation sites excluding steroid dienone is 2. The lowest BCUT2D eigenvalue weighted by Gasteiger charge is -1.96. The van der Waals surface area contributed by atoms with E-state index in [1.54, 1.807) is 0 Å². The molecule has 0 aliphatic heterocycles. The summed E-state index contributed by atoms with van der Waals surface area (Å²) in [5.74, 6) is 7.00. The van der Waals surface area contributed by atoms with E-state index in [9.17, 15) is 0 Å². The SMILES string of the molecule is CCCCCCCCC#C/C=C/CCCCl. The summed E-state index contributed by atoms with van der Waals surface area (Å²) < 4.78 is 0. The molecule has 0 saturated heterocycles. The van der Waals surface area contributed by atoms with Gasteiger partial charge in [0, 0.05) is 12.3 Å². The minimum absolute atomic E-state index is 0.746. The van der Waals surface area contributed by atoms with Crippen molar-refractivity contribution in [3.63, 3.8) is 0 Å². The summed E-state index contributed by atoms with van der Waals surface area (Å²) in [7, 11) is 0. The molecule has 0 aromatic rings. The van der Waals surface area contributed by atoms with Crippen LogP contribution < -0.4 is 0 Å². The second-order valence-corrected chi connectivity index (χ2v) is 4.45. The molecule has 1 heteroatoms. The predicted octanol–water partition coefficient (Wildman–Crippen LogP) is 5.32. The van der Waals surface area contributed by atoms with Crippen LogP contribution in [0.15, 0.2) is 12.2 Å². The Balaban J connectivity index is 3.18. The molecular formula is C15H25Cl. The van der Waals surface area contributed by atoms with Gasteiger partial charge in [0.25, 0.3) is 0 Å². The summed E-state index contributed by atoms with van der Waals surface area (Å²) in [6.45, 7) is 2.25. The van der Waals surface area contributed by atoms with Gasteiger partial charge >= 0.3 is 0 Å². The third-order valence-electron chi connectivity index (χ3n) is 2.46. The van der Waals surface area contributed by atoms with Gasteiger partial charge in [0.15, 0.2) is 0 Å². The zero-order valence-electron chi connectivity index (χ0n) is 10.6. The molecule has 0 heterocycles. The average Bonchev–Trinajstić information content (AvgIpc) is 2.31. The van der Waals surface area contributed by atoms with Crippen molar-refractivity contribution in [1.82, 2.24) is 0 Å². The molecule has 16 heavy (non-hydrogen) atoms. The molecular weight excluding hydrogens is 216 g/mol. The van der Waals surface area contributed by atoms with E-state index < -0.39 is 0 Å². The highest BCUT2D eigenvalue weighted by molar-refractivity contribution is 6.17. The second-order valence-electron chi connectivity index (χ2n) is 4.07. The van der Waals surface area contributed by atoms with Crippen molar-refractivity contribution in [2.24, 2.45) is 0 Å². The van der Waals surface area contributed by atoms with Gasteiger partial charge in [-0.25, -0.2) is 0 Å². The summed E-state index contributed by atoms with van der Waals surface area (Å²) >= 11 is 5.57. The Morgan fingerprint density at radius 3 is 2.50 bits per heavy atom. The van der Waals surface area contributed by atoms with E-state index in [4.69, 9.17) is 11.6 Å². The number of alkyl halides is 1. The third kappa shape index (κ3) is 13.6.